The van der Waals surface area contributed by atoms with Gasteiger partial charge in [-0.05, 0) is 25.1 Å². The molecule has 1 aliphatic heterocycles. The van der Waals surface area contributed by atoms with E-state index in [0.29, 0.717) is 12.2 Å². The third-order valence-corrected chi connectivity index (χ3v) is 10.2. The maximum atomic E-state index is 12.5. The molecular formula is C19H34N2O7Si. The van der Waals surface area contributed by atoms with Crippen LogP contribution in [0, 0.1) is 6.92 Å². The van der Waals surface area contributed by atoms with E-state index >= 15 is 0 Å². The van der Waals surface area contributed by atoms with Crippen molar-refractivity contribution in [1.82, 2.24) is 9.55 Å². The van der Waals surface area contributed by atoms with E-state index in [4.69, 9.17) is 18.6 Å². The number of aromatic amines is 1. The van der Waals surface area contributed by atoms with E-state index in [1.165, 1.54) is 10.8 Å². The van der Waals surface area contributed by atoms with E-state index in [9.17, 15) is 14.7 Å². The van der Waals surface area contributed by atoms with Crippen LogP contribution < -0.4 is 11.2 Å². The normalized spacial score (nSPS) is 25.5. The summed E-state index contributed by atoms with van der Waals surface area (Å²) in [6, 6.07) is 0. The average molecular weight is 431 g/mol. The molecular weight excluding hydrogens is 396 g/mol. The van der Waals surface area contributed by atoms with Gasteiger partial charge in [0.1, 0.15) is 18.3 Å². The first kappa shape index (κ1) is 24.0. The molecule has 1 saturated heterocycles. The van der Waals surface area contributed by atoms with Crippen molar-refractivity contribution < 1.29 is 23.7 Å². The van der Waals surface area contributed by atoms with Gasteiger partial charge >= 0.3 is 5.69 Å². The van der Waals surface area contributed by atoms with Gasteiger partial charge in [-0.2, -0.15) is 0 Å². The first-order chi connectivity index (χ1) is 13.4. The van der Waals surface area contributed by atoms with Crippen LogP contribution in [0.25, 0.3) is 0 Å². The lowest BCUT2D eigenvalue weighted by Crippen LogP contribution is -2.50. The third kappa shape index (κ3) is 5.25. The number of methoxy groups -OCH3 is 1. The largest absolute Gasteiger partial charge is 0.408 e. The van der Waals surface area contributed by atoms with Crippen molar-refractivity contribution in [3.05, 3.63) is 32.6 Å². The van der Waals surface area contributed by atoms with Crippen molar-refractivity contribution in [1.29, 1.82) is 0 Å². The van der Waals surface area contributed by atoms with Crippen LogP contribution >= 0.6 is 0 Å². The Morgan fingerprint density at radius 3 is 2.45 bits per heavy atom. The summed E-state index contributed by atoms with van der Waals surface area (Å²) in [4.78, 5) is 26.5. The van der Waals surface area contributed by atoms with Gasteiger partial charge in [0.25, 0.3) is 5.56 Å². The Kier molecular flexibility index (Phi) is 7.63. The second kappa shape index (κ2) is 9.23. The fraction of sp³-hybridized carbons (Fsp3) is 0.789. The Bertz CT molecular complexity index is 799. The van der Waals surface area contributed by atoms with Gasteiger partial charge in [-0.25, -0.2) is 4.79 Å². The smallest absolute Gasteiger partial charge is 0.330 e. The predicted molar refractivity (Wildman–Crippen MR) is 111 cm³/mol. The van der Waals surface area contributed by atoms with Crippen molar-refractivity contribution in [2.24, 2.45) is 0 Å². The van der Waals surface area contributed by atoms with E-state index in [1.54, 1.807) is 14.0 Å². The van der Waals surface area contributed by atoms with Gasteiger partial charge in [0.05, 0.1) is 19.8 Å². The molecule has 10 heteroatoms. The Labute approximate surface area is 172 Å². The number of H-pyrrole nitrogens is 1. The van der Waals surface area contributed by atoms with Crippen LogP contribution in [0.1, 0.15) is 32.6 Å². The highest BCUT2D eigenvalue weighted by atomic mass is 28.4. The van der Waals surface area contributed by atoms with E-state index in [2.05, 4.69) is 38.8 Å². The molecule has 2 rings (SSSR count). The first-order valence-corrected chi connectivity index (χ1v) is 12.7. The Morgan fingerprint density at radius 2 is 1.90 bits per heavy atom. The fourth-order valence-corrected chi connectivity index (χ4v) is 4.28. The number of aliphatic hydroxyl groups is 1. The van der Waals surface area contributed by atoms with Gasteiger partial charge < -0.3 is 23.7 Å². The van der Waals surface area contributed by atoms with Crippen LogP contribution in [0.15, 0.2) is 15.8 Å². The SMILES string of the molecule is COCCOC1C(O[Si](C)(C)C(C)(C)C)[C@@H](CO)O[C@@H]1n1cc(C)c(=O)[nH]c1=O. The number of ether oxygens (including phenoxy) is 3. The summed E-state index contributed by atoms with van der Waals surface area (Å²) >= 11 is 0. The van der Waals surface area contributed by atoms with Crippen LogP contribution in [0.5, 0.6) is 0 Å². The number of aliphatic hydroxyl groups excluding tert-OH is 1. The van der Waals surface area contributed by atoms with Gasteiger partial charge in [0, 0.05) is 18.9 Å². The summed E-state index contributed by atoms with van der Waals surface area (Å²) in [7, 11) is -0.658. The zero-order valence-electron chi connectivity index (χ0n) is 18.4. The highest BCUT2D eigenvalue weighted by Gasteiger charge is 2.51. The van der Waals surface area contributed by atoms with Gasteiger partial charge in [0.2, 0.25) is 0 Å². The Hall–Kier alpha value is -1.30. The molecule has 2 unspecified atom stereocenters. The second-order valence-corrected chi connectivity index (χ2v) is 13.7. The number of rotatable bonds is 8. The lowest BCUT2D eigenvalue weighted by atomic mass is 10.1. The molecule has 0 amide bonds. The van der Waals surface area contributed by atoms with Gasteiger partial charge in [0.15, 0.2) is 14.5 Å². The highest BCUT2D eigenvalue weighted by Crippen LogP contribution is 2.41. The van der Waals surface area contributed by atoms with Crippen molar-refractivity contribution in [2.45, 2.75) is 70.4 Å². The second-order valence-electron chi connectivity index (χ2n) is 8.90. The van der Waals surface area contributed by atoms with Crippen LogP contribution in [-0.4, -0.2) is 68.2 Å². The maximum absolute atomic E-state index is 12.5. The van der Waals surface area contributed by atoms with Gasteiger partial charge in [-0.1, -0.05) is 20.8 Å². The maximum Gasteiger partial charge on any atom is 0.330 e. The van der Waals surface area contributed by atoms with Gasteiger partial charge in [-0.3, -0.25) is 14.3 Å². The molecule has 2 N–H and O–H groups in total. The number of hydrogen-bond donors (Lipinski definition) is 2. The van der Waals surface area contributed by atoms with E-state index in [-0.39, 0.29) is 18.3 Å². The van der Waals surface area contributed by atoms with Crippen molar-refractivity contribution in [3.8, 4) is 0 Å². The summed E-state index contributed by atoms with van der Waals surface area (Å²) in [6.07, 6.45) is -1.29. The minimum atomic E-state index is -2.23. The highest BCUT2D eigenvalue weighted by molar-refractivity contribution is 6.74. The standard InChI is InChI=1S/C19H34N2O7Si/c1-12-10-21(18(24)20-16(12)23)17-15(26-9-8-25-5)14(13(11-22)27-17)28-29(6,7)19(2,3)4/h10,13-15,17,22H,8-9,11H2,1-7H3,(H,20,23,24)/t13-,14?,15?,17+/m1/s1. The minimum Gasteiger partial charge on any atom is -0.408 e. The molecule has 166 valence electrons. The average Bonchev–Trinajstić information content (AvgIpc) is 2.94. The van der Waals surface area contributed by atoms with Crippen molar-refractivity contribution in [2.75, 3.05) is 26.9 Å². The van der Waals surface area contributed by atoms with Crippen LogP contribution in [0.4, 0.5) is 0 Å². The number of hydrogen-bond acceptors (Lipinski definition) is 7. The fourth-order valence-electron chi connectivity index (χ4n) is 2.96. The van der Waals surface area contributed by atoms with Crippen LogP contribution in [-0.2, 0) is 18.6 Å². The number of aromatic nitrogens is 2. The lowest BCUT2D eigenvalue weighted by molar-refractivity contribution is -0.0814. The molecule has 1 aliphatic rings. The van der Waals surface area contributed by atoms with E-state index in [1.807, 2.05) is 0 Å². The van der Waals surface area contributed by atoms with Crippen LogP contribution in [0.2, 0.25) is 18.1 Å². The molecule has 29 heavy (non-hydrogen) atoms. The predicted octanol–water partition coefficient (Wildman–Crippen LogP) is 1.16. The molecule has 0 bridgehead atoms. The molecule has 0 aliphatic carbocycles. The first-order valence-electron chi connectivity index (χ1n) is 9.79. The summed E-state index contributed by atoms with van der Waals surface area (Å²) in [5, 5.41) is 9.88. The zero-order valence-corrected chi connectivity index (χ0v) is 19.4. The number of nitrogens with one attached hydrogen (secondary N) is 1. The van der Waals surface area contributed by atoms with Crippen molar-refractivity contribution in [3.63, 3.8) is 0 Å². The van der Waals surface area contributed by atoms with Gasteiger partial charge in [-0.15, -0.1) is 0 Å². The van der Waals surface area contributed by atoms with E-state index < -0.39 is 44.1 Å². The third-order valence-electron chi connectivity index (χ3n) is 5.72. The minimum absolute atomic E-state index is 0.0619. The van der Waals surface area contributed by atoms with E-state index in [0.717, 1.165) is 0 Å². The summed E-state index contributed by atoms with van der Waals surface area (Å²) in [5.41, 5.74) is -0.678. The van der Waals surface area contributed by atoms with Crippen molar-refractivity contribution >= 4 is 8.32 Å². The summed E-state index contributed by atoms with van der Waals surface area (Å²) in [6.45, 7) is 12.5. The molecule has 1 aromatic rings. The molecule has 0 aromatic carbocycles. The molecule has 4 atom stereocenters. The quantitative estimate of drug-likeness (QED) is 0.470. The van der Waals surface area contributed by atoms with Crippen LogP contribution in [0.3, 0.4) is 0 Å². The Balaban J connectivity index is 2.45. The number of aryl methyl sites for hydroxylation is 1. The summed E-state index contributed by atoms with van der Waals surface area (Å²) < 4.78 is 25.0. The molecule has 2 heterocycles. The molecule has 0 saturated carbocycles. The lowest BCUT2D eigenvalue weighted by Gasteiger charge is -2.40. The zero-order chi connectivity index (χ0) is 22.0. The summed E-state index contributed by atoms with van der Waals surface area (Å²) in [5.74, 6) is 0. The Morgan fingerprint density at radius 1 is 1.24 bits per heavy atom. The molecule has 1 fully saturated rings. The molecule has 9 nitrogen and oxygen atoms in total. The monoisotopic (exact) mass is 430 g/mol. The topological polar surface area (TPSA) is 112 Å². The molecule has 0 radical (unpaired) electrons. The number of nitrogens with zero attached hydrogens (tertiary/aromatic N) is 1. The molecule has 0 spiro atoms. The molecule has 1 aromatic heterocycles.